The highest BCUT2D eigenvalue weighted by Crippen LogP contribution is 2.35. The summed E-state index contributed by atoms with van der Waals surface area (Å²) in [4.78, 5) is 8.36. The normalized spacial score (nSPS) is 17.7. The van der Waals surface area contributed by atoms with E-state index >= 15 is 0 Å². The lowest BCUT2D eigenvalue weighted by Crippen LogP contribution is -2.37. The molecule has 8 heteroatoms. The van der Waals surface area contributed by atoms with E-state index in [0.29, 0.717) is 17.7 Å². The standard InChI is InChI=1S/C21H26F3N3O2/c1-26-6-3-7-27(9-8-26)14-19(28)15-29-20-11-17(16-4-2-5-25-13-16)10-18(12-20)21(22,23)24/h2,4-5,10-13,19,28H,3,6-9,14-15H2,1H3. The first-order chi connectivity index (χ1) is 13.8. The fraction of sp³-hybridized carbons (Fsp3) is 0.476. The number of alkyl halides is 3. The number of aromatic nitrogens is 1. The van der Waals surface area contributed by atoms with E-state index in [9.17, 15) is 18.3 Å². The largest absolute Gasteiger partial charge is 0.491 e. The number of β-amino-alcohol motifs (C(OH)–C–C–N with tert-alkyl or cyclic N) is 1. The average molecular weight is 409 g/mol. The molecule has 0 aliphatic carbocycles. The second-order valence-electron chi connectivity index (χ2n) is 7.41. The molecule has 1 aliphatic rings. The number of hydrogen-bond donors (Lipinski definition) is 1. The number of rotatable bonds is 6. The minimum Gasteiger partial charge on any atom is -0.491 e. The van der Waals surface area contributed by atoms with Crippen LogP contribution in [-0.4, -0.2) is 72.4 Å². The van der Waals surface area contributed by atoms with Crippen molar-refractivity contribution in [3.63, 3.8) is 0 Å². The van der Waals surface area contributed by atoms with Crippen molar-refractivity contribution >= 4 is 0 Å². The molecular weight excluding hydrogens is 383 g/mol. The minimum absolute atomic E-state index is 0.0693. The van der Waals surface area contributed by atoms with Crippen LogP contribution in [0, 0.1) is 0 Å². The van der Waals surface area contributed by atoms with E-state index < -0.39 is 17.8 Å². The van der Waals surface area contributed by atoms with Crippen LogP contribution >= 0.6 is 0 Å². The Morgan fingerprint density at radius 2 is 1.97 bits per heavy atom. The lowest BCUT2D eigenvalue weighted by Gasteiger charge is -2.23. The first-order valence-corrected chi connectivity index (χ1v) is 9.66. The monoisotopic (exact) mass is 409 g/mol. The zero-order chi connectivity index (χ0) is 20.9. The zero-order valence-corrected chi connectivity index (χ0v) is 16.4. The molecule has 0 bridgehead atoms. The maximum atomic E-state index is 13.3. The maximum Gasteiger partial charge on any atom is 0.416 e. The lowest BCUT2D eigenvalue weighted by molar-refractivity contribution is -0.137. The number of aliphatic hydroxyl groups is 1. The summed E-state index contributed by atoms with van der Waals surface area (Å²) in [6.07, 6.45) is -1.19. The molecule has 2 heterocycles. The molecule has 1 unspecified atom stereocenters. The second-order valence-corrected chi connectivity index (χ2v) is 7.41. The van der Waals surface area contributed by atoms with E-state index in [0.717, 1.165) is 44.7 Å². The Bertz CT molecular complexity index is 786. The summed E-state index contributed by atoms with van der Waals surface area (Å²) >= 11 is 0. The van der Waals surface area contributed by atoms with Gasteiger partial charge in [0.05, 0.1) is 5.56 Å². The van der Waals surface area contributed by atoms with Gasteiger partial charge in [-0.3, -0.25) is 9.88 Å². The highest BCUT2D eigenvalue weighted by molar-refractivity contribution is 5.65. The minimum atomic E-state index is -4.49. The van der Waals surface area contributed by atoms with E-state index in [1.165, 1.54) is 6.20 Å². The van der Waals surface area contributed by atoms with Crippen LogP contribution in [0.5, 0.6) is 5.75 Å². The molecule has 1 aromatic carbocycles. The Kier molecular flexibility index (Phi) is 7.10. The molecule has 1 aliphatic heterocycles. The van der Waals surface area contributed by atoms with E-state index in [1.54, 1.807) is 24.4 Å². The third kappa shape index (κ3) is 6.42. The van der Waals surface area contributed by atoms with Gasteiger partial charge in [0.1, 0.15) is 18.5 Å². The third-order valence-electron chi connectivity index (χ3n) is 4.95. The Morgan fingerprint density at radius 3 is 2.69 bits per heavy atom. The van der Waals surface area contributed by atoms with Crippen molar-refractivity contribution in [2.75, 3.05) is 46.4 Å². The Morgan fingerprint density at radius 1 is 1.14 bits per heavy atom. The average Bonchev–Trinajstić information content (AvgIpc) is 2.90. The van der Waals surface area contributed by atoms with Gasteiger partial charge in [0, 0.05) is 37.6 Å². The molecule has 1 N–H and O–H groups in total. The van der Waals surface area contributed by atoms with Crippen molar-refractivity contribution in [3.05, 3.63) is 48.3 Å². The van der Waals surface area contributed by atoms with Gasteiger partial charge >= 0.3 is 6.18 Å². The van der Waals surface area contributed by atoms with Gasteiger partial charge in [-0.1, -0.05) is 6.07 Å². The summed E-state index contributed by atoms with van der Waals surface area (Å²) in [5.74, 6) is 0.0772. The summed E-state index contributed by atoms with van der Waals surface area (Å²) in [5, 5.41) is 10.3. The Hall–Kier alpha value is -2.16. The van der Waals surface area contributed by atoms with Crippen LogP contribution in [0.3, 0.4) is 0 Å². The van der Waals surface area contributed by atoms with Gasteiger partial charge < -0.3 is 14.7 Å². The zero-order valence-electron chi connectivity index (χ0n) is 16.4. The number of benzene rings is 1. The number of hydrogen-bond acceptors (Lipinski definition) is 5. The van der Waals surface area contributed by atoms with Gasteiger partial charge in [0.2, 0.25) is 0 Å². The predicted octanol–water partition coefficient (Wildman–Crippen LogP) is 3.14. The van der Waals surface area contributed by atoms with Gasteiger partial charge in [-0.05, 0) is 56.4 Å². The molecule has 29 heavy (non-hydrogen) atoms. The number of aliphatic hydroxyl groups excluding tert-OH is 1. The van der Waals surface area contributed by atoms with Crippen LogP contribution in [0.4, 0.5) is 13.2 Å². The molecule has 0 amide bonds. The first kappa shape index (κ1) is 21.5. The van der Waals surface area contributed by atoms with Crippen molar-refractivity contribution in [1.29, 1.82) is 0 Å². The molecule has 2 aromatic rings. The van der Waals surface area contributed by atoms with E-state index in [2.05, 4.69) is 21.8 Å². The first-order valence-electron chi connectivity index (χ1n) is 9.66. The number of likely N-dealkylation sites (N-methyl/N-ethyl adjacent to an activating group) is 1. The lowest BCUT2D eigenvalue weighted by atomic mass is 10.0. The van der Waals surface area contributed by atoms with Crippen molar-refractivity contribution in [2.45, 2.75) is 18.7 Å². The molecule has 0 saturated carbocycles. The van der Waals surface area contributed by atoms with Crippen LogP contribution in [0.1, 0.15) is 12.0 Å². The van der Waals surface area contributed by atoms with Gasteiger partial charge in [-0.2, -0.15) is 13.2 Å². The van der Waals surface area contributed by atoms with Gasteiger partial charge in [-0.15, -0.1) is 0 Å². The van der Waals surface area contributed by atoms with Crippen LogP contribution < -0.4 is 4.74 Å². The van der Waals surface area contributed by atoms with Crippen LogP contribution in [0.25, 0.3) is 11.1 Å². The number of nitrogens with zero attached hydrogens (tertiary/aromatic N) is 3. The maximum absolute atomic E-state index is 13.3. The Balaban J connectivity index is 1.68. The summed E-state index contributed by atoms with van der Waals surface area (Å²) in [6, 6.07) is 6.94. The van der Waals surface area contributed by atoms with Crippen molar-refractivity contribution in [3.8, 4) is 16.9 Å². The SMILES string of the molecule is CN1CCCN(CC(O)COc2cc(-c3cccnc3)cc(C(F)(F)F)c2)CC1. The Labute approximate surface area is 168 Å². The highest BCUT2D eigenvalue weighted by Gasteiger charge is 2.31. The molecule has 1 saturated heterocycles. The molecule has 5 nitrogen and oxygen atoms in total. The van der Waals surface area contributed by atoms with Crippen LogP contribution in [-0.2, 0) is 6.18 Å². The summed E-state index contributed by atoms with van der Waals surface area (Å²) in [7, 11) is 2.07. The van der Waals surface area contributed by atoms with Gasteiger partial charge in [0.15, 0.2) is 0 Å². The highest BCUT2D eigenvalue weighted by atomic mass is 19.4. The van der Waals surface area contributed by atoms with Crippen molar-refractivity contribution < 1.29 is 23.0 Å². The number of pyridine rings is 1. The summed E-state index contributed by atoms with van der Waals surface area (Å²) < 4.78 is 45.5. The molecule has 1 aromatic heterocycles. The number of ether oxygens (including phenoxy) is 1. The molecular formula is C21H26F3N3O2. The quantitative estimate of drug-likeness (QED) is 0.795. The summed E-state index contributed by atoms with van der Waals surface area (Å²) in [6.45, 7) is 4.04. The molecule has 0 spiro atoms. The van der Waals surface area contributed by atoms with Crippen molar-refractivity contribution in [2.24, 2.45) is 0 Å². The van der Waals surface area contributed by atoms with Crippen LogP contribution in [0.2, 0.25) is 0 Å². The number of halogens is 3. The fourth-order valence-electron chi connectivity index (χ4n) is 3.37. The van der Waals surface area contributed by atoms with Crippen molar-refractivity contribution in [1.82, 2.24) is 14.8 Å². The van der Waals surface area contributed by atoms with Gasteiger partial charge in [-0.25, -0.2) is 0 Å². The van der Waals surface area contributed by atoms with E-state index in [4.69, 9.17) is 4.74 Å². The predicted molar refractivity (Wildman–Crippen MR) is 105 cm³/mol. The molecule has 1 atom stereocenters. The van der Waals surface area contributed by atoms with E-state index in [-0.39, 0.29) is 12.4 Å². The smallest absolute Gasteiger partial charge is 0.416 e. The molecule has 158 valence electrons. The topological polar surface area (TPSA) is 48.8 Å². The van der Waals surface area contributed by atoms with Gasteiger partial charge in [0.25, 0.3) is 0 Å². The third-order valence-corrected chi connectivity index (χ3v) is 4.95. The summed E-state index contributed by atoms with van der Waals surface area (Å²) in [5.41, 5.74) is 0.143. The molecule has 1 fully saturated rings. The van der Waals surface area contributed by atoms with Crippen LogP contribution in [0.15, 0.2) is 42.7 Å². The second kappa shape index (κ2) is 9.56. The fourth-order valence-corrected chi connectivity index (χ4v) is 3.37. The van der Waals surface area contributed by atoms with E-state index in [1.807, 2.05) is 0 Å². The molecule has 0 radical (unpaired) electrons. The molecule has 3 rings (SSSR count).